The SMILES string of the molecule is Cc1cc(NC2=NC(Nc3cc(C)c([C@H]4CC[C@@H](N5CCCCC5)CC4)cc3F)NC=C2C(F)(F)F)n[nH]1. The molecule has 5 rings (SSSR count). The van der Waals surface area contributed by atoms with E-state index in [9.17, 15) is 13.2 Å². The maximum absolute atomic E-state index is 15.2. The van der Waals surface area contributed by atoms with Crippen LogP contribution >= 0.6 is 0 Å². The van der Waals surface area contributed by atoms with Gasteiger partial charge in [0.05, 0.1) is 5.69 Å². The van der Waals surface area contributed by atoms with Gasteiger partial charge in [-0.2, -0.15) is 18.3 Å². The molecule has 2 fully saturated rings. The molecule has 0 radical (unpaired) electrons. The quantitative estimate of drug-likeness (QED) is 0.358. The van der Waals surface area contributed by atoms with Crippen LogP contribution in [0.3, 0.4) is 0 Å². The summed E-state index contributed by atoms with van der Waals surface area (Å²) in [5, 5.41) is 14.7. The van der Waals surface area contributed by atoms with Crippen LogP contribution in [0.15, 0.2) is 35.0 Å². The number of nitrogens with zero attached hydrogens (tertiary/aromatic N) is 3. The average molecular weight is 534 g/mol. The Morgan fingerprint density at radius 3 is 2.39 bits per heavy atom. The lowest BCUT2D eigenvalue weighted by Gasteiger charge is -2.39. The molecule has 2 aliphatic heterocycles. The van der Waals surface area contributed by atoms with Crippen molar-refractivity contribution in [1.82, 2.24) is 20.4 Å². The average Bonchev–Trinajstić information content (AvgIpc) is 3.30. The first-order chi connectivity index (χ1) is 18.2. The molecule has 206 valence electrons. The fraction of sp³-hybridized carbons (Fsp3) is 0.556. The molecule has 3 aliphatic rings. The second-order valence-corrected chi connectivity index (χ2v) is 10.6. The Morgan fingerprint density at radius 2 is 1.74 bits per heavy atom. The van der Waals surface area contributed by atoms with Crippen molar-refractivity contribution in [2.75, 3.05) is 23.7 Å². The Bertz CT molecular complexity index is 1190. The lowest BCUT2D eigenvalue weighted by atomic mass is 9.79. The van der Waals surface area contributed by atoms with Gasteiger partial charge in [0.15, 0.2) is 12.1 Å². The highest BCUT2D eigenvalue weighted by Gasteiger charge is 2.39. The van der Waals surface area contributed by atoms with E-state index in [0.717, 1.165) is 43.0 Å². The summed E-state index contributed by atoms with van der Waals surface area (Å²) in [4.78, 5) is 6.77. The minimum Gasteiger partial charge on any atom is -0.352 e. The van der Waals surface area contributed by atoms with Crippen molar-refractivity contribution >= 4 is 17.3 Å². The molecule has 0 bridgehead atoms. The van der Waals surface area contributed by atoms with Crippen molar-refractivity contribution in [2.45, 2.75) is 83.2 Å². The number of hydrogen-bond acceptors (Lipinski definition) is 6. The Labute approximate surface area is 220 Å². The fourth-order valence-electron chi connectivity index (χ4n) is 5.89. The van der Waals surface area contributed by atoms with Gasteiger partial charge in [0.2, 0.25) is 0 Å². The van der Waals surface area contributed by atoms with Gasteiger partial charge >= 0.3 is 6.18 Å². The highest BCUT2D eigenvalue weighted by molar-refractivity contribution is 6.08. The Balaban J connectivity index is 1.27. The van der Waals surface area contributed by atoms with Crippen LogP contribution in [0.2, 0.25) is 0 Å². The molecular weight excluding hydrogens is 498 g/mol. The maximum atomic E-state index is 15.2. The van der Waals surface area contributed by atoms with Crippen LogP contribution in [0.4, 0.5) is 29.1 Å². The van der Waals surface area contributed by atoms with Crippen molar-refractivity contribution in [2.24, 2.45) is 4.99 Å². The van der Waals surface area contributed by atoms with E-state index in [1.165, 1.54) is 32.4 Å². The number of aromatic amines is 1. The smallest absolute Gasteiger partial charge is 0.352 e. The van der Waals surface area contributed by atoms with Crippen LogP contribution in [0.1, 0.15) is 67.7 Å². The van der Waals surface area contributed by atoms with Crippen LogP contribution in [0, 0.1) is 19.7 Å². The zero-order valence-corrected chi connectivity index (χ0v) is 21.8. The highest BCUT2D eigenvalue weighted by atomic mass is 19.4. The molecule has 0 amide bonds. The van der Waals surface area contributed by atoms with Gasteiger partial charge in [-0.15, -0.1) is 0 Å². The second-order valence-electron chi connectivity index (χ2n) is 10.6. The predicted molar refractivity (Wildman–Crippen MR) is 141 cm³/mol. The Kier molecular flexibility index (Phi) is 7.65. The largest absolute Gasteiger partial charge is 0.421 e. The summed E-state index contributed by atoms with van der Waals surface area (Å²) in [6.07, 6.45) is 3.44. The van der Waals surface area contributed by atoms with Gasteiger partial charge in [-0.25, -0.2) is 9.38 Å². The molecule has 0 spiro atoms. The first-order valence-corrected chi connectivity index (χ1v) is 13.4. The molecule has 2 aromatic rings. The van der Waals surface area contributed by atoms with Gasteiger partial charge in [0.25, 0.3) is 0 Å². The van der Waals surface area contributed by atoms with Gasteiger partial charge < -0.3 is 20.9 Å². The molecule has 1 saturated carbocycles. The first-order valence-electron chi connectivity index (χ1n) is 13.4. The molecule has 1 saturated heterocycles. The molecule has 11 heteroatoms. The Hall–Kier alpha value is -3.08. The van der Waals surface area contributed by atoms with Gasteiger partial charge in [-0.1, -0.05) is 6.42 Å². The summed E-state index contributed by atoms with van der Waals surface area (Å²) in [6, 6.07) is 5.52. The van der Waals surface area contributed by atoms with Gasteiger partial charge in [0.1, 0.15) is 17.2 Å². The van der Waals surface area contributed by atoms with Crippen LogP contribution in [-0.2, 0) is 0 Å². The Morgan fingerprint density at radius 1 is 1.00 bits per heavy atom. The third-order valence-corrected chi connectivity index (χ3v) is 7.85. The zero-order valence-electron chi connectivity index (χ0n) is 21.8. The molecule has 1 aliphatic carbocycles. The van der Waals surface area contributed by atoms with E-state index < -0.39 is 29.7 Å². The van der Waals surface area contributed by atoms with Crippen LogP contribution in [0.25, 0.3) is 0 Å². The summed E-state index contributed by atoms with van der Waals surface area (Å²) in [5.41, 5.74) is 1.89. The third-order valence-electron chi connectivity index (χ3n) is 7.85. The minimum absolute atomic E-state index is 0.188. The summed E-state index contributed by atoms with van der Waals surface area (Å²) < 4.78 is 56.0. The number of aromatic nitrogens is 2. The van der Waals surface area contributed by atoms with E-state index in [2.05, 4.69) is 36.0 Å². The van der Waals surface area contributed by atoms with Crippen molar-refractivity contribution < 1.29 is 17.6 Å². The second kappa shape index (κ2) is 11.0. The van der Waals surface area contributed by atoms with Crippen LogP contribution in [0.5, 0.6) is 0 Å². The number of piperidine rings is 1. The zero-order chi connectivity index (χ0) is 26.9. The van der Waals surface area contributed by atoms with Gasteiger partial charge in [-0.3, -0.25) is 5.10 Å². The number of aryl methyl sites for hydroxylation is 2. The minimum atomic E-state index is -4.63. The van der Waals surface area contributed by atoms with Crippen molar-refractivity contribution in [3.05, 3.63) is 52.6 Å². The number of rotatable bonds is 5. The normalized spacial score (nSPS) is 24.8. The van der Waals surface area contributed by atoms with Gasteiger partial charge in [-0.05, 0) is 94.6 Å². The van der Waals surface area contributed by atoms with Crippen molar-refractivity contribution in [3.63, 3.8) is 0 Å². The molecule has 38 heavy (non-hydrogen) atoms. The highest BCUT2D eigenvalue weighted by Crippen LogP contribution is 2.38. The number of likely N-dealkylation sites (tertiary alicyclic amines) is 1. The van der Waals surface area contributed by atoms with E-state index >= 15 is 4.39 Å². The van der Waals surface area contributed by atoms with Gasteiger partial charge in [0, 0.05) is 24.0 Å². The van der Waals surface area contributed by atoms with Crippen molar-refractivity contribution in [1.29, 1.82) is 0 Å². The number of amidine groups is 1. The van der Waals surface area contributed by atoms with E-state index in [1.807, 2.05) is 6.92 Å². The molecule has 1 unspecified atom stereocenters. The lowest BCUT2D eigenvalue weighted by Crippen LogP contribution is -2.41. The molecule has 7 nitrogen and oxygen atoms in total. The molecule has 3 heterocycles. The number of anilines is 2. The topological polar surface area (TPSA) is 80.4 Å². The molecular formula is C27H35F4N7. The van der Waals surface area contributed by atoms with E-state index in [4.69, 9.17) is 0 Å². The number of aliphatic imine (C=N–C) groups is 1. The van der Waals surface area contributed by atoms with Crippen LogP contribution < -0.4 is 16.0 Å². The van der Waals surface area contributed by atoms with Crippen LogP contribution in [-0.4, -0.2) is 52.5 Å². The standard InChI is InChI=1S/C27H35F4N7/c1-16-12-23(22(28)14-20(16)18-6-8-19(9-7-18)38-10-4-3-5-11-38)33-26-32-15-21(27(29,30)31)25(35-26)34-24-13-17(2)36-37-24/h12-15,18-19,26,32-33H,3-11H2,1-2H3,(H2,34,35,36,37)/t18-,19+,26?. The molecule has 1 aromatic heterocycles. The first kappa shape index (κ1) is 26.5. The summed E-state index contributed by atoms with van der Waals surface area (Å²) in [6.45, 7) is 6.09. The summed E-state index contributed by atoms with van der Waals surface area (Å²) >= 11 is 0. The number of hydrogen-bond donors (Lipinski definition) is 4. The number of nitrogens with one attached hydrogen (secondary N) is 4. The predicted octanol–water partition coefficient (Wildman–Crippen LogP) is 5.93. The number of halogens is 4. The fourth-order valence-corrected chi connectivity index (χ4v) is 5.89. The maximum Gasteiger partial charge on any atom is 0.421 e. The third kappa shape index (κ3) is 5.98. The number of H-pyrrole nitrogens is 1. The molecule has 1 aromatic carbocycles. The van der Waals surface area contributed by atoms with Crippen molar-refractivity contribution in [3.8, 4) is 0 Å². The summed E-state index contributed by atoms with van der Waals surface area (Å²) in [5.74, 6) is -0.322. The van der Waals surface area contributed by atoms with E-state index in [0.29, 0.717) is 17.7 Å². The molecule has 1 atom stereocenters. The summed E-state index contributed by atoms with van der Waals surface area (Å²) in [7, 11) is 0. The monoisotopic (exact) mass is 533 g/mol. The number of alkyl halides is 3. The van der Waals surface area contributed by atoms with E-state index in [1.54, 1.807) is 25.1 Å². The van der Waals surface area contributed by atoms with E-state index in [-0.39, 0.29) is 11.5 Å². The molecule has 4 N–H and O–H groups in total. The lowest BCUT2D eigenvalue weighted by molar-refractivity contribution is -0.0867. The number of benzene rings is 1.